The Kier molecular flexibility index (Phi) is 4.94. The smallest absolute Gasteiger partial charge is 0.242 e. The van der Waals surface area contributed by atoms with Crippen molar-refractivity contribution in [2.45, 2.75) is 11.3 Å². The van der Waals surface area contributed by atoms with Crippen molar-refractivity contribution in [2.75, 3.05) is 19.3 Å². The number of rotatable bonds is 5. The standard InChI is InChI=1S/C10H14ClN3O3S/c1-13-10(15)4-5-14-18(16,17)9-3-2-7(11)6-8(9)12/h2-3,6,14H,4-5,12H2,1H3,(H,13,15). The largest absolute Gasteiger partial charge is 0.398 e. The van der Waals surface area contributed by atoms with Gasteiger partial charge in [0.05, 0.1) is 5.69 Å². The number of amides is 1. The quantitative estimate of drug-likeness (QED) is 0.681. The van der Waals surface area contributed by atoms with Crippen molar-refractivity contribution in [2.24, 2.45) is 0 Å². The molecule has 0 saturated carbocycles. The number of carbonyl (C=O) groups is 1. The molecule has 1 amide bonds. The van der Waals surface area contributed by atoms with Crippen LogP contribution in [0.3, 0.4) is 0 Å². The fourth-order valence-electron chi connectivity index (χ4n) is 1.27. The lowest BCUT2D eigenvalue weighted by molar-refractivity contribution is -0.120. The maximum atomic E-state index is 11.9. The van der Waals surface area contributed by atoms with E-state index in [2.05, 4.69) is 10.0 Å². The molecule has 0 aliphatic rings. The van der Waals surface area contributed by atoms with E-state index in [1.807, 2.05) is 0 Å². The zero-order valence-corrected chi connectivity index (χ0v) is 11.3. The fraction of sp³-hybridized carbons (Fsp3) is 0.300. The number of carbonyl (C=O) groups excluding carboxylic acids is 1. The number of anilines is 1. The van der Waals surface area contributed by atoms with E-state index in [0.717, 1.165) is 0 Å². The first kappa shape index (κ1) is 14.7. The van der Waals surface area contributed by atoms with Gasteiger partial charge in [-0.25, -0.2) is 13.1 Å². The molecule has 18 heavy (non-hydrogen) atoms. The summed E-state index contributed by atoms with van der Waals surface area (Å²) in [5, 5.41) is 2.75. The summed E-state index contributed by atoms with van der Waals surface area (Å²) in [6.45, 7) is 0.00404. The van der Waals surface area contributed by atoms with Crippen LogP contribution >= 0.6 is 11.6 Å². The number of nitrogen functional groups attached to an aromatic ring is 1. The average molecular weight is 292 g/mol. The molecule has 4 N–H and O–H groups in total. The molecular formula is C10H14ClN3O3S. The van der Waals surface area contributed by atoms with E-state index < -0.39 is 10.0 Å². The molecular weight excluding hydrogens is 278 g/mol. The van der Waals surface area contributed by atoms with Crippen molar-refractivity contribution in [3.8, 4) is 0 Å². The Morgan fingerprint density at radius 1 is 1.44 bits per heavy atom. The number of sulfonamides is 1. The van der Waals surface area contributed by atoms with Crippen LogP contribution in [0.4, 0.5) is 5.69 Å². The molecule has 0 spiro atoms. The van der Waals surface area contributed by atoms with Gasteiger partial charge in [-0.1, -0.05) is 11.6 Å². The summed E-state index contributed by atoms with van der Waals surface area (Å²) < 4.78 is 26.0. The van der Waals surface area contributed by atoms with E-state index in [4.69, 9.17) is 17.3 Å². The normalized spacial score (nSPS) is 11.2. The van der Waals surface area contributed by atoms with Crippen molar-refractivity contribution in [3.05, 3.63) is 23.2 Å². The second kappa shape index (κ2) is 6.03. The highest BCUT2D eigenvalue weighted by atomic mass is 35.5. The van der Waals surface area contributed by atoms with Crippen LogP contribution in [0.1, 0.15) is 6.42 Å². The minimum Gasteiger partial charge on any atom is -0.398 e. The summed E-state index contributed by atoms with van der Waals surface area (Å²) >= 11 is 5.68. The van der Waals surface area contributed by atoms with Crippen LogP contribution in [0.2, 0.25) is 5.02 Å². The SMILES string of the molecule is CNC(=O)CCNS(=O)(=O)c1ccc(Cl)cc1N. The highest BCUT2D eigenvalue weighted by molar-refractivity contribution is 7.89. The Morgan fingerprint density at radius 2 is 2.11 bits per heavy atom. The molecule has 0 fully saturated rings. The molecule has 1 aromatic rings. The van der Waals surface area contributed by atoms with Crippen LogP contribution in [0, 0.1) is 0 Å². The Labute approximate surface area is 111 Å². The van der Waals surface area contributed by atoms with Gasteiger partial charge in [0.2, 0.25) is 15.9 Å². The first-order valence-electron chi connectivity index (χ1n) is 5.12. The predicted molar refractivity (Wildman–Crippen MR) is 69.7 cm³/mol. The van der Waals surface area contributed by atoms with Crippen LogP contribution < -0.4 is 15.8 Å². The minimum atomic E-state index is -3.73. The lowest BCUT2D eigenvalue weighted by Gasteiger charge is -2.08. The van der Waals surface area contributed by atoms with Crippen molar-refractivity contribution in [1.82, 2.24) is 10.0 Å². The molecule has 0 atom stereocenters. The molecule has 0 aliphatic heterocycles. The summed E-state index contributed by atoms with van der Waals surface area (Å²) in [7, 11) is -2.25. The van der Waals surface area contributed by atoms with E-state index >= 15 is 0 Å². The fourth-order valence-corrected chi connectivity index (χ4v) is 2.59. The second-order valence-electron chi connectivity index (χ2n) is 3.50. The van der Waals surface area contributed by atoms with Crippen LogP contribution in [0.5, 0.6) is 0 Å². The molecule has 0 heterocycles. The van der Waals surface area contributed by atoms with Gasteiger partial charge in [0.25, 0.3) is 0 Å². The van der Waals surface area contributed by atoms with Gasteiger partial charge in [-0.15, -0.1) is 0 Å². The molecule has 0 saturated heterocycles. The Morgan fingerprint density at radius 3 is 2.67 bits per heavy atom. The van der Waals surface area contributed by atoms with Gasteiger partial charge in [-0.3, -0.25) is 4.79 Å². The van der Waals surface area contributed by atoms with Crippen LogP contribution in [-0.2, 0) is 14.8 Å². The Balaban J connectivity index is 2.77. The van der Waals surface area contributed by atoms with Crippen molar-refractivity contribution in [1.29, 1.82) is 0 Å². The van der Waals surface area contributed by atoms with Crippen molar-refractivity contribution >= 4 is 33.2 Å². The number of benzene rings is 1. The van der Waals surface area contributed by atoms with E-state index in [1.54, 1.807) is 0 Å². The number of nitrogens with two attached hydrogens (primary N) is 1. The lowest BCUT2D eigenvalue weighted by Crippen LogP contribution is -2.29. The van der Waals surface area contributed by atoms with Gasteiger partial charge >= 0.3 is 0 Å². The molecule has 100 valence electrons. The number of halogens is 1. The summed E-state index contributed by atoms with van der Waals surface area (Å²) in [6.07, 6.45) is 0.0588. The van der Waals surface area contributed by atoms with E-state index in [0.29, 0.717) is 5.02 Å². The van der Waals surface area contributed by atoms with E-state index in [1.165, 1.54) is 25.2 Å². The molecule has 8 heteroatoms. The Hall–Kier alpha value is -1.31. The third-order valence-corrected chi connectivity index (χ3v) is 3.95. The number of hydrogen-bond donors (Lipinski definition) is 3. The minimum absolute atomic E-state index is 0.00404. The van der Waals surface area contributed by atoms with Gasteiger partial charge in [0.1, 0.15) is 4.90 Å². The van der Waals surface area contributed by atoms with Gasteiger partial charge in [0.15, 0.2) is 0 Å². The van der Waals surface area contributed by atoms with E-state index in [9.17, 15) is 13.2 Å². The summed E-state index contributed by atoms with van der Waals surface area (Å²) in [5.74, 6) is -0.248. The summed E-state index contributed by atoms with van der Waals surface area (Å²) in [4.78, 5) is 10.9. The van der Waals surface area contributed by atoms with Crippen LogP contribution in [-0.4, -0.2) is 27.9 Å². The summed E-state index contributed by atoms with van der Waals surface area (Å²) in [5.41, 5.74) is 5.65. The first-order valence-corrected chi connectivity index (χ1v) is 6.98. The van der Waals surface area contributed by atoms with Crippen LogP contribution in [0.25, 0.3) is 0 Å². The third kappa shape index (κ3) is 3.86. The van der Waals surface area contributed by atoms with Crippen molar-refractivity contribution in [3.63, 3.8) is 0 Å². The predicted octanol–water partition coefficient (Wildman–Crippen LogP) is 0.337. The monoisotopic (exact) mass is 291 g/mol. The third-order valence-electron chi connectivity index (χ3n) is 2.18. The second-order valence-corrected chi connectivity index (χ2v) is 5.67. The van der Waals surface area contributed by atoms with Crippen molar-refractivity contribution < 1.29 is 13.2 Å². The molecule has 0 unspecified atom stereocenters. The highest BCUT2D eigenvalue weighted by Crippen LogP contribution is 2.21. The van der Waals surface area contributed by atoms with Gasteiger partial charge in [-0.05, 0) is 18.2 Å². The molecule has 1 rings (SSSR count). The maximum absolute atomic E-state index is 11.9. The molecule has 0 radical (unpaired) electrons. The lowest BCUT2D eigenvalue weighted by atomic mass is 10.3. The number of hydrogen-bond acceptors (Lipinski definition) is 4. The molecule has 0 aromatic heterocycles. The molecule has 6 nitrogen and oxygen atoms in total. The Bertz CT molecular complexity index is 545. The average Bonchev–Trinajstić information content (AvgIpc) is 2.27. The number of nitrogens with one attached hydrogen (secondary N) is 2. The topological polar surface area (TPSA) is 101 Å². The zero-order valence-electron chi connectivity index (χ0n) is 9.73. The summed E-state index contributed by atoms with van der Waals surface area (Å²) in [6, 6.07) is 4.11. The zero-order chi connectivity index (χ0) is 13.8. The highest BCUT2D eigenvalue weighted by Gasteiger charge is 2.17. The molecule has 1 aromatic carbocycles. The van der Waals surface area contributed by atoms with Gasteiger partial charge in [0, 0.05) is 25.0 Å². The van der Waals surface area contributed by atoms with E-state index in [-0.39, 0.29) is 29.5 Å². The molecule has 0 aliphatic carbocycles. The first-order chi connectivity index (χ1) is 8.36. The maximum Gasteiger partial charge on any atom is 0.242 e. The van der Waals surface area contributed by atoms with Gasteiger partial charge in [-0.2, -0.15) is 0 Å². The van der Waals surface area contributed by atoms with Gasteiger partial charge < -0.3 is 11.1 Å². The molecule has 0 bridgehead atoms. The van der Waals surface area contributed by atoms with Crippen LogP contribution in [0.15, 0.2) is 23.1 Å².